The lowest BCUT2D eigenvalue weighted by Crippen LogP contribution is -2.68. The SMILES string of the molecule is Cc1c(F)cc2c3c(c(=O)n(I)c2c1F)OCC1CN(I)C(C)C(F)(F)N31. The Morgan fingerprint density at radius 1 is 1.30 bits per heavy atom. The molecule has 11 heteroatoms. The van der Waals surface area contributed by atoms with E-state index in [1.165, 1.54) is 17.0 Å². The molecule has 0 radical (unpaired) electrons. The highest BCUT2D eigenvalue weighted by molar-refractivity contribution is 14.1. The van der Waals surface area contributed by atoms with Gasteiger partial charge in [0, 0.05) is 40.4 Å². The Hall–Kier alpha value is -0.830. The zero-order valence-electron chi connectivity index (χ0n) is 14.1. The van der Waals surface area contributed by atoms with Gasteiger partial charge < -0.3 is 9.64 Å². The van der Waals surface area contributed by atoms with Crippen LogP contribution in [0.5, 0.6) is 5.75 Å². The zero-order chi connectivity index (χ0) is 19.8. The van der Waals surface area contributed by atoms with Crippen LogP contribution in [0.3, 0.4) is 0 Å². The topological polar surface area (TPSA) is 37.7 Å². The lowest BCUT2D eigenvalue weighted by atomic mass is 10.0. The number of halogens is 6. The molecule has 1 aromatic carbocycles. The first kappa shape index (κ1) is 19.5. The number of alkyl halides is 2. The number of fused-ring (bicyclic) bond motifs is 5. The number of anilines is 1. The molecule has 27 heavy (non-hydrogen) atoms. The van der Waals surface area contributed by atoms with Gasteiger partial charge in [-0.1, -0.05) is 0 Å². The van der Waals surface area contributed by atoms with Crippen molar-refractivity contribution in [2.45, 2.75) is 32.0 Å². The van der Waals surface area contributed by atoms with Gasteiger partial charge in [0.2, 0.25) is 5.75 Å². The maximum Gasteiger partial charge on any atom is 0.342 e. The zero-order valence-corrected chi connectivity index (χ0v) is 18.4. The second-order valence-electron chi connectivity index (χ2n) is 6.64. The molecule has 1 saturated heterocycles. The quantitative estimate of drug-likeness (QED) is 0.196. The Labute approximate surface area is 179 Å². The standard InChI is InChI=1S/C16H13F4I2N3O2/c1-6-10(17)3-9-12(11(6)18)25(22)15(26)14-13(9)24-8(5-27-14)4-23(21)7(2)16(24,19)20/h3,7-8H,4-5H2,1-2H3. The number of aromatic nitrogens is 1. The molecule has 0 amide bonds. The number of benzene rings is 1. The van der Waals surface area contributed by atoms with E-state index in [0.717, 1.165) is 13.7 Å². The summed E-state index contributed by atoms with van der Waals surface area (Å²) in [6.45, 7) is 2.73. The molecule has 2 aliphatic rings. The van der Waals surface area contributed by atoms with Gasteiger partial charge in [0.25, 0.3) is 0 Å². The fourth-order valence-electron chi connectivity index (χ4n) is 3.55. The number of hydrogen-bond donors (Lipinski definition) is 0. The summed E-state index contributed by atoms with van der Waals surface area (Å²) in [5.74, 6) is -2.14. The van der Waals surface area contributed by atoms with Crippen molar-refractivity contribution in [2.75, 3.05) is 18.1 Å². The monoisotopic (exact) mass is 609 g/mol. The van der Waals surface area contributed by atoms with E-state index in [9.17, 15) is 13.6 Å². The summed E-state index contributed by atoms with van der Waals surface area (Å²) >= 11 is 3.40. The largest absolute Gasteiger partial charge is 0.484 e. The number of piperazine rings is 1. The summed E-state index contributed by atoms with van der Waals surface area (Å²) < 4.78 is 67.4. The summed E-state index contributed by atoms with van der Waals surface area (Å²) in [6.07, 6.45) is 0. The van der Waals surface area contributed by atoms with Gasteiger partial charge in [0.1, 0.15) is 18.5 Å². The molecule has 2 atom stereocenters. The summed E-state index contributed by atoms with van der Waals surface area (Å²) in [5.41, 5.74) is -1.51. The van der Waals surface area contributed by atoms with E-state index in [4.69, 9.17) is 4.74 Å². The molecule has 2 aromatic rings. The molecule has 1 fully saturated rings. The van der Waals surface area contributed by atoms with E-state index in [-0.39, 0.29) is 41.1 Å². The van der Waals surface area contributed by atoms with Crippen LogP contribution in [0.15, 0.2) is 10.9 Å². The van der Waals surface area contributed by atoms with E-state index >= 15 is 8.78 Å². The third kappa shape index (κ3) is 2.59. The predicted octanol–water partition coefficient (Wildman–Crippen LogP) is 4.00. The first-order chi connectivity index (χ1) is 12.6. The molecule has 0 N–H and O–H groups in total. The fourth-order valence-corrected chi connectivity index (χ4v) is 5.03. The lowest BCUT2D eigenvalue weighted by Gasteiger charge is -2.51. The van der Waals surface area contributed by atoms with Crippen molar-refractivity contribution in [3.8, 4) is 5.75 Å². The highest BCUT2D eigenvalue weighted by Gasteiger charge is 2.56. The van der Waals surface area contributed by atoms with Crippen LogP contribution in [0.2, 0.25) is 0 Å². The van der Waals surface area contributed by atoms with Crippen molar-refractivity contribution >= 4 is 62.3 Å². The van der Waals surface area contributed by atoms with Gasteiger partial charge in [-0.25, -0.2) is 14.7 Å². The Kier molecular flexibility index (Phi) is 4.57. The van der Waals surface area contributed by atoms with Crippen molar-refractivity contribution in [1.29, 1.82) is 0 Å². The number of nitrogens with zero attached hydrogens (tertiary/aromatic N) is 3. The van der Waals surface area contributed by atoms with Crippen LogP contribution in [-0.2, 0) is 0 Å². The first-order valence-corrected chi connectivity index (χ1v) is 9.96. The Morgan fingerprint density at radius 2 is 1.96 bits per heavy atom. The predicted molar refractivity (Wildman–Crippen MR) is 109 cm³/mol. The minimum absolute atomic E-state index is 0.113. The summed E-state index contributed by atoms with van der Waals surface area (Å²) in [4.78, 5) is 13.5. The van der Waals surface area contributed by atoms with Crippen molar-refractivity contribution in [3.05, 3.63) is 33.6 Å². The average Bonchev–Trinajstić information content (AvgIpc) is 2.61. The van der Waals surface area contributed by atoms with E-state index in [1.54, 1.807) is 22.9 Å². The molecule has 1 aromatic heterocycles. The molecule has 0 spiro atoms. The maximum atomic E-state index is 15.2. The van der Waals surface area contributed by atoms with Gasteiger partial charge in [-0.2, -0.15) is 8.78 Å². The Morgan fingerprint density at radius 3 is 2.63 bits per heavy atom. The average molecular weight is 609 g/mol. The van der Waals surface area contributed by atoms with Crippen molar-refractivity contribution in [3.63, 3.8) is 0 Å². The van der Waals surface area contributed by atoms with Crippen molar-refractivity contribution < 1.29 is 22.3 Å². The minimum Gasteiger partial charge on any atom is -0.484 e. The van der Waals surface area contributed by atoms with Gasteiger partial charge in [0.15, 0.2) is 5.82 Å². The van der Waals surface area contributed by atoms with E-state index in [1.807, 2.05) is 22.9 Å². The van der Waals surface area contributed by atoms with Gasteiger partial charge in [0.05, 0.1) is 40.1 Å². The highest BCUT2D eigenvalue weighted by atomic mass is 127. The highest BCUT2D eigenvalue weighted by Crippen LogP contribution is 2.48. The summed E-state index contributed by atoms with van der Waals surface area (Å²) in [5, 5.41) is -0.113. The number of rotatable bonds is 0. The van der Waals surface area contributed by atoms with E-state index in [0.29, 0.717) is 0 Å². The molecule has 5 nitrogen and oxygen atoms in total. The van der Waals surface area contributed by atoms with Gasteiger partial charge >= 0.3 is 11.6 Å². The van der Waals surface area contributed by atoms with Crippen LogP contribution in [0, 0.1) is 18.6 Å². The molecule has 2 unspecified atom stereocenters. The molecular formula is C16H13F4I2N3O2. The summed E-state index contributed by atoms with van der Waals surface area (Å²) in [7, 11) is 0. The normalized spacial score (nSPS) is 24.5. The number of ether oxygens (including phenoxy) is 1. The molecule has 0 saturated carbocycles. The Balaban J connectivity index is 2.13. The van der Waals surface area contributed by atoms with Crippen LogP contribution in [0.1, 0.15) is 12.5 Å². The van der Waals surface area contributed by atoms with E-state index < -0.39 is 35.3 Å². The lowest BCUT2D eigenvalue weighted by molar-refractivity contribution is -0.0848. The molecule has 0 aliphatic carbocycles. The van der Waals surface area contributed by atoms with Crippen LogP contribution in [-0.4, -0.2) is 37.2 Å². The fraction of sp³-hybridized carbons (Fsp3) is 0.438. The third-order valence-electron chi connectivity index (χ3n) is 5.12. The summed E-state index contributed by atoms with van der Waals surface area (Å²) in [6, 6.07) is -4.31. The molecule has 0 bridgehead atoms. The molecule has 146 valence electrons. The van der Waals surface area contributed by atoms with Crippen LogP contribution in [0.4, 0.5) is 23.2 Å². The Bertz CT molecular complexity index is 1030. The van der Waals surface area contributed by atoms with Crippen LogP contribution >= 0.6 is 45.7 Å². The smallest absolute Gasteiger partial charge is 0.342 e. The van der Waals surface area contributed by atoms with E-state index in [2.05, 4.69) is 0 Å². The molecule has 4 rings (SSSR count). The second-order valence-corrected chi connectivity index (χ2v) is 8.84. The third-order valence-corrected chi connectivity index (χ3v) is 7.27. The van der Waals surface area contributed by atoms with Gasteiger partial charge in [-0.05, 0) is 19.9 Å². The first-order valence-electron chi connectivity index (χ1n) is 8.03. The van der Waals surface area contributed by atoms with Crippen LogP contribution < -0.4 is 15.2 Å². The number of hydrogen-bond acceptors (Lipinski definition) is 4. The molecule has 2 aliphatic heterocycles. The maximum absolute atomic E-state index is 15.2. The van der Waals surface area contributed by atoms with Crippen LogP contribution in [0.25, 0.3) is 10.9 Å². The molecular weight excluding hydrogens is 596 g/mol. The molecule has 3 heterocycles. The van der Waals surface area contributed by atoms with Crippen molar-refractivity contribution in [2.24, 2.45) is 0 Å². The van der Waals surface area contributed by atoms with Gasteiger partial charge in [-0.3, -0.25) is 4.79 Å². The minimum atomic E-state index is -3.36. The van der Waals surface area contributed by atoms with Crippen molar-refractivity contribution in [1.82, 2.24) is 5.89 Å². The second kappa shape index (κ2) is 6.34. The van der Waals surface area contributed by atoms with Gasteiger partial charge in [-0.15, -0.1) is 0 Å². The number of pyridine rings is 1.